The highest BCUT2D eigenvalue weighted by Crippen LogP contribution is 2.29. The highest BCUT2D eigenvalue weighted by molar-refractivity contribution is 7.99. The van der Waals surface area contributed by atoms with E-state index in [1.165, 1.54) is 31.0 Å². The maximum absolute atomic E-state index is 12.2. The van der Waals surface area contributed by atoms with Crippen molar-refractivity contribution < 1.29 is 19.1 Å². The number of hydrogen-bond acceptors (Lipinski definition) is 7. The molecule has 0 atom stereocenters. The average Bonchev–Trinajstić information content (AvgIpc) is 2.67. The van der Waals surface area contributed by atoms with Crippen LogP contribution in [0, 0.1) is 11.3 Å². The fourth-order valence-electron chi connectivity index (χ4n) is 2.10. The number of thioether (sulfide) groups is 1. The van der Waals surface area contributed by atoms with E-state index in [-0.39, 0.29) is 27.8 Å². The first kappa shape index (κ1) is 20.4. The van der Waals surface area contributed by atoms with Gasteiger partial charge in [-0.2, -0.15) is 5.26 Å². The Hall–Kier alpha value is -2.89. The zero-order valence-electron chi connectivity index (χ0n) is 14.3. The molecule has 0 aromatic heterocycles. The first-order valence-electron chi connectivity index (χ1n) is 7.65. The molecule has 9 heteroatoms. The van der Waals surface area contributed by atoms with Gasteiger partial charge < -0.3 is 20.5 Å². The Labute approximate surface area is 165 Å². The minimum Gasteiger partial charge on any atom is -0.496 e. The van der Waals surface area contributed by atoms with Crippen LogP contribution in [-0.4, -0.2) is 31.3 Å². The summed E-state index contributed by atoms with van der Waals surface area (Å²) in [5.41, 5.74) is 6.53. The number of rotatable bonds is 7. The van der Waals surface area contributed by atoms with Crippen LogP contribution in [0.5, 0.6) is 5.75 Å². The average molecular weight is 406 g/mol. The van der Waals surface area contributed by atoms with Crippen molar-refractivity contribution in [1.82, 2.24) is 0 Å². The van der Waals surface area contributed by atoms with Crippen LogP contribution >= 0.6 is 23.4 Å². The number of methoxy groups -OCH3 is 1. The Bertz CT molecular complexity index is 899. The van der Waals surface area contributed by atoms with Crippen molar-refractivity contribution in [2.45, 2.75) is 4.90 Å². The largest absolute Gasteiger partial charge is 0.496 e. The fourth-order valence-corrected chi connectivity index (χ4v) is 2.93. The van der Waals surface area contributed by atoms with E-state index < -0.39 is 18.5 Å². The van der Waals surface area contributed by atoms with E-state index in [1.54, 1.807) is 24.3 Å². The Morgan fingerprint density at radius 1 is 1.33 bits per heavy atom. The SMILES string of the molecule is COc1cc(N)c(Cl)cc1C(=O)OCC(=O)Nc1ccccc1SCC#N. The summed E-state index contributed by atoms with van der Waals surface area (Å²) in [5, 5.41) is 11.5. The lowest BCUT2D eigenvalue weighted by Gasteiger charge is -2.12. The van der Waals surface area contributed by atoms with Crippen LogP contribution in [0.15, 0.2) is 41.3 Å². The molecule has 0 aliphatic rings. The third-order valence-electron chi connectivity index (χ3n) is 3.33. The van der Waals surface area contributed by atoms with E-state index in [2.05, 4.69) is 5.32 Å². The van der Waals surface area contributed by atoms with Crippen molar-refractivity contribution >= 4 is 46.6 Å². The number of carbonyl (C=O) groups excluding carboxylic acids is 2. The van der Waals surface area contributed by atoms with Gasteiger partial charge in [0, 0.05) is 11.0 Å². The smallest absolute Gasteiger partial charge is 0.342 e. The van der Waals surface area contributed by atoms with Crippen LogP contribution in [0.3, 0.4) is 0 Å². The van der Waals surface area contributed by atoms with Crippen LogP contribution in [0.4, 0.5) is 11.4 Å². The zero-order chi connectivity index (χ0) is 19.8. The Morgan fingerprint density at radius 3 is 2.78 bits per heavy atom. The second-order valence-electron chi connectivity index (χ2n) is 5.14. The van der Waals surface area contributed by atoms with Gasteiger partial charge in [0.25, 0.3) is 5.91 Å². The van der Waals surface area contributed by atoms with E-state index in [9.17, 15) is 9.59 Å². The molecule has 27 heavy (non-hydrogen) atoms. The number of carbonyl (C=O) groups is 2. The van der Waals surface area contributed by atoms with Gasteiger partial charge in [-0.05, 0) is 18.2 Å². The van der Waals surface area contributed by atoms with Gasteiger partial charge in [0.05, 0.1) is 35.3 Å². The summed E-state index contributed by atoms with van der Waals surface area (Å²) < 4.78 is 10.1. The quantitative estimate of drug-likeness (QED) is 0.412. The predicted molar refractivity (Wildman–Crippen MR) is 104 cm³/mol. The molecule has 0 fully saturated rings. The van der Waals surface area contributed by atoms with Crippen molar-refractivity contribution in [3.63, 3.8) is 0 Å². The number of esters is 1. The molecule has 0 saturated heterocycles. The van der Waals surface area contributed by atoms with Crippen LogP contribution in [0.25, 0.3) is 0 Å². The molecule has 1 amide bonds. The third kappa shape index (κ3) is 5.54. The number of amides is 1. The number of benzene rings is 2. The summed E-state index contributed by atoms with van der Waals surface area (Å²) in [7, 11) is 1.38. The number of ether oxygens (including phenoxy) is 2. The number of para-hydroxylation sites is 1. The zero-order valence-corrected chi connectivity index (χ0v) is 15.9. The second-order valence-corrected chi connectivity index (χ2v) is 6.57. The van der Waals surface area contributed by atoms with Gasteiger partial charge in [-0.25, -0.2) is 4.79 Å². The third-order valence-corrected chi connectivity index (χ3v) is 4.59. The van der Waals surface area contributed by atoms with Gasteiger partial charge >= 0.3 is 5.97 Å². The molecule has 0 aliphatic carbocycles. The monoisotopic (exact) mass is 405 g/mol. The Kier molecular flexibility index (Phi) is 7.34. The number of halogens is 1. The lowest BCUT2D eigenvalue weighted by Crippen LogP contribution is -2.21. The first-order chi connectivity index (χ1) is 13.0. The Balaban J connectivity index is 2.01. The van der Waals surface area contributed by atoms with E-state index in [1.807, 2.05) is 6.07 Å². The van der Waals surface area contributed by atoms with Gasteiger partial charge in [0.15, 0.2) is 6.61 Å². The van der Waals surface area contributed by atoms with E-state index in [4.69, 9.17) is 32.1 Å². The normalized spacial score (nSPS) is 9.96. The van der Waals surface area contributed by atoms with Gasteiger partial charge in [-0.3, -0.25) is 4.79 Å². The van der Waals surface area contributed by atoms with Gasteiger partial charge in [-0.1, -0.05) is 23.7 Å². The molecule has 2 rings (SSSR count). The second kappa shape index (κ2) is 9.71. The minimum atomic E-state index is -0.768. The number of anilines is 2. The molecule has 7 nitrogen and oxygen atoms in total. The predicted octanol–water partition coefficient (Wildman–Crippen LogP) is 3.34. The van der Waals surface area contributed by atoms with E-state index in [0.29, 0.717) is 5.69 Å². The summed E-state index contributed by atoms with van der Waals surface area (Å²) in [6.45, 7) is -0.499. The van der Waals surface area contributed by atoms with Crippen molar-refractivity contribution in [2.24, 2.45) is 0 Å². The number of nitrogens with one attached hydrogen (secondary N) is 1. The Morgan fingerprint density at radius 2 is 2.07 bits per heavy atom. The van der Waals surface area contributed by atoms with Crippen LogP contribution in [-0.2, 0) is 9.53 Å². The highest BCUT2D eigenvalue weighted by Gasteiger charge is 2.18. The van der Waals surface area contributed by atoms with Crippen molar-refractivity contribution in [2.75, 3.05) is 30.5 Å². The molecule has 0 saturated carbocycles. The maximum Gasteiger partial charge on any atom is 0.342 e. The molecule has 140 valence electrons. The number of nitriles is 1. The van der Waals surface area contributed by atoms with Crippen LogP contribution in [0.1, 0.15) is 10.4 Å². The van der Waals surface area contributed by atoms with Crippen LogP contribution < -0.4 is 15.8 Å². The number of nitrogen functional groups attached to an aromatic ring is 1. The number of hydrogen-bond donors (Lipinski definition) is 2. The van der Waals surface area contributed by atoms with Crippen molar-refractivity contribution in [1.29, 1.82) is 5.26 Å². The summed E-state index contributed by atoms with van der Waals surface area (Å²) in [4.78, 5) is 25.1. The molecule has 0 aliphatic heterocycles. The standard InChI is InChI=1S/C18H16ClN3O4S/c1-25-15-9-13(21)12(19)8-11(15)18(24)26-10-17(23)22-14-4-2-3-5-16(14)27-7-6-20/h2-5,8-9H,7,10,21H2,1H3,(H,22,23). The molecule has 0 radical (unpaired) electrons. The lowest BCUT2D eigenvalue weighted by atomic mass is 10.2. The molecular weight excluding hydrogens is 390 g/mol. The molecule has 0 heterocycles. The summed E-state index contributed by atoms with van der Waals surface area (Å²) in [6.07, 6.45) is 0. The summed E-state index contributed by atoms with van der Waals surface area (Å²) in [5.74, 6) is -0.843. The van der Waals surface area contributed by atoms with Crippen molar-refractivity contribution in [3.8, 4) is 11.8 Å². The molecular formula is C18H16ClN3O4S. The molecule has 3 N–H and O–H groups in total. The van der Waals surface area contributed by atoms with E-state index in [0.717, 1.165) is 4.90 Å². The van der Waals surface area contributed by atoms with Crippen molar-refractivity contribution in [3.05, 3.63) is 47.0 Å². The summed E-state index contributed by atoms with van der Waals surface area (Å²) >= 11 is 7.21. The number of nitrogens with zero attached hydrogens (tertiary/aromatic N) is 1. The van der Waals surface area contributed by atoms with Crippen LogP contribution in [0.2, 0.25) is 5.02 Å². The highest BCUT2D eigenvalue weighted by atomic mass is 35.5. The summed E-state index contributed by atoms with van der Waals surface area (Å²) in [6, 6.07) is 11.8. The number of nitrogens with two attached hydrogens (primary N) is 1. The van der Waals surface area contributed by atoms with Gasteiger partial charge in [-0.15, -0.1) is 11.8 Å². The maximum atomic E-state index is 12.2. The molecule has 0 unspecified atom stereocenters. The molecule has 0 spiro atoms. The first-order valence-corrected chi connectivity index (χ1v) is 9.01. The molecule has 2 aromatic carbocycles. The molecule has 0 bridgehead atoms. The lowest BCUT2D eigenvalue weighted by molar-refractivity contribution is -0.119. The van der Waals surface area contributed by atoms with E-state index >= 15 is 0 Å². The fraction of sp³-hybridized carbons (Fsp3) is 0.167. The minimum absolute atomic E-state index is 0.0643. The molecule has 2 aromatic rings. The van der Waals surface area contributed by atoms with Gasteiger partial charge in [0.1, 0.15) is 11.3 Å². The van der Waals surface area contributed by atoms with Gasteiger partial charge in [0.2, 0.25) is 0 Å². The topological polar surface area (TPSA) is 114 Å².